The van der Waals surface area contributed by atoms with Gasteiger partial charge < -0.3 is 11.5 Å². The maximum atomic E-state index is 11.6. The second-order valence-electron chi connectivity index (χ2n) is 5.19. The van der Waals surface area contributed by atoms with Crippen molar-refractivity contribution in [3.05, 3.63) is 48.0 Å². The van der Waals surface area contributed by atoms with E-state index >= 15 is 0 Å². The highest BCUT2D eigenvalue weighted by Gasteiger charge is 2.06. The monoisotopic (exact) mass is 384 g/mol. The zero-order valence-electron chi connectivity index (χ0n) is 14.3. The lowest BCUT2D eigenvalue weighted by Crippen LogP contribution is -2.04. The summed E-state index contributed by atoms with van der Waals surface area (Å²) in [5, 5.41) is 0. The molecule has 0 fully saturated rings. The molecule has 0 saturated heterocycles. The number of hydrogen-bond acceptors (Lipinski definition) is 8. The van der Waals surface area contributed by atoms with E-state index in [1.165, 1.54) is 18.6 Å². The molecule has 0 aliphatic carbocycles. The van der Waals surface area contributed by atoms with Gasteiger partial charge in [0.2, 0.25) is 0 Å². The quantitative estimate of drug-likeness (QED) is 0.611. The van der Waals surface area contributed by atoms with Gasteiger partial charge >= 0.3 is 0 Å². The summed E-state index contributed by atoms with van der Waals surface area (Å²) < 4.78 is 37.5. The molecule has 2 aromatic heterocycles. The summed E-state index contributed by atoms with van der Waals surface area (Å²) in [6.07, 6.45) is 4.28. The second kappa shape index (κ2) is 8.99. The van der Waals surface area contributed by atoms with E-state index in [4.69, 9.17) is 21.0 Å². The fourth-order valence-corrected chi connectivity index (χ4v) is 3.08. The van der Waals surface area contributed by atoms with Crippen LogP contribution < -0.4 is 11.5 Å². The van der Waals surface area contributed by atoms with E-state index in [0.717, 1.165) is 11.4 Å². The molecular formula is C15H24N6O2S2. The van der Waals surface area contributed by atoms with Gasteiger partial charge in [-0.3, -0.25) is 9.97 Å². The molecule has 0 aliphatic rings. The smallest absolute Gasteiger partial charge is 0.0738 e. The van der Waals surface area contributed by atoms with Crippen molar-refractivity contribution in [2.45, 2.75) is 29.8 Å². The number of nitrogens with one attached hydrogen (secondary N) is 2. The Hall–Kier alpha value is -1.88. The van der Waals surface area contributed by atoms with Crippen LogP contribution in [0.1, 0.15) is 18.3 Å². The number of nitrogens with zero attached hydrogens (tertiary/aromatic N) is 2. The van der Waals surface area contributed by atoms with E-state index in [1.807, 2.05) is 0 Å². The lowest BCUT2D eigenvalue weighted by molar-refractivity contribution is 0.674. The molecular weight excluding hydrogens is 360 g/mol. The number of hydrogen-bond donors (Lipinski definition) is 4. The summed E-state index contributed by atoms with van der Waals surface area (Å²) in [7, 11) is -5.26. The first kappa shape index (κ1) is 21.2. The minimum Gasteiger partial charge on any atom is -0.325 e. The highest BCUT2D eigenvalue weighted by molar-refractivity contribution is 7.92. The van der Waals surface area contributed by atoms with Gasteiger partial charge in [-0.05, 0) is 24.3 Å². The largest absolute Gasteiger partial charge is 0.325 e. The Morgan fingerprint density at radius 3 is 1.64 bits per heavy atom. The molecule has 0 saturated carbocycles. The molecule has 2 atom stereocenters. The van der Waals surface area contributed by atoms with E-state index in [2.05, 4.69) is 9.97 Å². The summed E-state index contributed by atoms with van der Waals surface area (Å²) >= 11 is 0. The van der Waals surface area contributed by atoms with E-state index in [0.29, 0.717) is 28.6 Å². The molecule has 2 unspecified atom stereocenters. The van der Waals surface area contributed by atoms with Crippen LogP contribution in [0.25, 0.3) is 0 Å². The van der Waals surface area contributed by atoms with E-state index in [-0.39, 0.29) is 0 Å². The highest BCUT2D eigenvalue weighted by atomic mass is 32.2. The zero-order valence-corrected chi connectivity index (χ0v) is 15.9. The number of nitrogens with two attached hydrogens (primary N) is 2. The molecule has 0 aliphatic heterocycles. The summed E-state index contributed by atoms with van der Waals surface area (Å²) in [6, 6.07) is 6.69. The average Bonchev–Trinajstić information content (AvgIpc) is 2.61. The van der Waals surface area contributed by atoms with Crippen LogP contribution >= 0.6 is 0 Å². The Balaban J connectivity index is 0.000000251. The average molecular weight is 385 g/mol. The molecule has 0 radical (unpaired) electrons. The Bertz CT molecular complexity index is 877. The van der Waals surface area contributed by atoms with Gasteiger partial charge in [0, 0.05) is 37.5 Å². The van der Waals surface area contributed by atoms with Gasteiger partial charge in [-0.2, -0.15) is 0 Å². The van der Waals surface area contributed by atoms with Crippen molar-refractivity contribution in [3.63, 3.8) is 0 Å². The van der Waals surface area contributed by atoms with Gasteiger partial charge in [0.1, 0.15) is 0 Å². The van der Waals surface area contributed by atoms with Gasteiger partial charge in [-0.1, -0.05) is 6.92 Å². The first-order valence-electron chi connectivity index (χ1n) is 7.44. The molecule has 0 aromatic carbocycles. The SMILES string of the molecule is CCS(=N)(=O)c1ccc(CN)nc1.CS(=N)(=O)c1ccc(CN)nc1. The standard InChI is InChI=1S/C8H13N3OS.C7H11N3OS/c1-2-13(10,12)8-4-3-7(5-9)11-6-8;1-12(9,11)7-3-2-6(4-8)10-5-7/h3-4,6,10H,2,5,9H2,1H3;2-3,5,9H,4,8H2,1H3. The Kier molecular flexibility index (Phi) is 7.61. The first-order valence-corrected chi connectivity index (χ1v) is 11.1. The van der Waals surface area contributed by atoms with Gasteiger partial charge in [0.25, 0.3) is 0 Å². The van der Waals surface area contributed by atoms with E-state index < -0.39 is 19.5 Å². The molecule has 8 nitrogen and oxygen atoms in total. The lowest BCUT2D eigenvalue weighted by Gasteiger charge is -2.03. The van der Waals surface area contributed by atoms with Crippen LogP contribution in [0, 0.1) is 9.56 Å². The van der Waals surface area contributed by atoms with Crippen molar-refractivity contribution in [3.8, 4) is 0 Å². The predicted octanol–water partition coefficient (Wildman–Crippen LogP) is 1.54. The van der Waals surface area contributed by atoms with Crippen molar-refractivity contribution < 1.29 is 8.42 Å². The molecule has 0 amide bonds. The molecule has 0 bridgehead atoms. The predicted molar refractivity (Wildman–Crippen MR) is 99.0 cm³/mol. The summed E-state index contributed by atoms with van der Waals surface area (Å²) in [5.41, 5.74) is 12.2. The fourth-order valence-electron chi connectivity index (χ4n) is 1.66. The van der Waals surface area contributed by atoms with E-state index in [1.54, 1.807) is 31.2 Å². The third kappa shape index (κ3) is 6.50. The Labute approximate surface area is 149 Å². The van der Waals surface area contributed by atoms with Crippen LogP contribution in [0.2, 0.25) is 0 Å². The Morgan fingerprint density at radius 1 is 0.920 bits per heavy atom. The van der Waals surface area contributed by atoms with Crippen molar-refractivity contribution in [2.24, 2.45) is 11.5 Å². The molecule has 138 valence electrons. The fraction of sp³-hybridized carbons (Fsp3) is 0.333. The Morgan fingerprint density at radius 2 is 1.36 bits per heavy atom. The minimum atomic E-state index is -2.63. The zero-order chi connectivity index (χ0) is 19.1. The van der Waals surface area contributed by atoms with Crippen molar-refractivity contribution in [1.29, 1.82) is 9.56 Å². The maximum absolute atomic E-state index is 11.6. The highest BCUT2D eigenvalue weighted by Crippen LogP contribution is 2.10. The molecule has 2 aromatic rings. The van der Waals surface area contributed by atoms with Gasteiger partial charge in [-0.25, -0.2) is 18.0 Å². The maximum Gasteiger partial charge on any atom is 0.0738 e. The third-order valence-electron chi connectivity index (χ3n) is 3.25. The van der Waals surface area contributed by atoms with Crippen molar-refractivity contribution in [2.75, 3.05) is 12.0 Å². The van der Waals surface area contributed by atoms with Crippen molar-refractivity contribution >= 4 is 19.5 Å². The van der Waals surface area contributed by atoms with Crippen LogP contribution in [0.15, 0.2) is 46.5 Å². The molecule has 2 heterocycles. The van der Waals surface area contributed by atoms with Gasteiger partial charge in [0.15, 0.2) is 0 Å². The lowest BCUT2D eigenvalue weighted by atomic mass is 10.4. The number of aromatic nitrogens is 2. The topological polar surface area (TPSA) is 160 Å². The first-order chi connectivity index (χ1) is 11.6. The molecule has 0 spiro atoms. The van der Waals surface area contributed by atoms with Gasteiger partial charge in [0.05, 0.1) is 40.6 Å². The van der Waals surface area contributed by atoms with Crippen molar-refractivity contribution in [1.82, 2.24) is 9.97 Å². The third-order valence-corrected chi connectivity index (χ3v) is 6.21. The summed E-state index contributed by atoms with van der Waals surface area (Å²) in [6.45, 7) is 2.46. The van der Waals surface area contributed by atoms with E-state index in [9.17, 15) is 8.42 Å². The summed E-state index contributed by atoms with van der Waals surface area (Å²) in [5.74, 6) is 0.316. The second-order valence-corrected chi connectivity index (χ2v) is 9.74. The minimum absolute atomic E-state index is 0.316. The molecule has 2 rings (SSSR count). The normalized spacial score (nSPS) is 15.4. The molecule has 10 heteroatoms. The molecule has 6 N–H and O–H groups in total. The number of pyridine rings is 2. The molecule has 25 heavy (non-hydrogen) atoms. The van der Waals surface area contributed by atoms with Crippen LogP contribution in [0.5, 0.6) is 0 Å². The van der Waals surface area contributed by atoms with Crippen LogP contribution in [-0.2, 0) is 32.5 Å². The van der Waals surface area contributed by atoms with Crippen LogP contribution in [0.3, 0.4) is 0 Å². The van der Waals surface area contributed by atoms with Crippen LogP contribution in [-0.4, -0.2) is 30.4 Å². The number of rotatable bonds is 5. The van der Waals surface area contributed by atoms with Crippen LogP contribution in [0.4, 0.5) is 0 Å². The van der Waals surface area contributed by atoms with Gasteiger partial charge in [-0.15, -0.1) is 0 Å². The summed E-state index contributed by atoms with van der Waals surface area (Å²) in [4.78, 5) is 8.85.